The number of hydrogen-bond acceptors (Lipinski definition) is 4. The number of hydrogen-bond donors (Lipinski definition) is 1. The van der Waals surface area contributed by atoms with Crippen molar-refractivity contribution in [1.82, 2.24) is 4.90 Å². The maximum Gasteiger partial charge on any atom is 0.0702 e. The quantitative estimate of drug-likeness (QED) is 0.643. The number of nitrogens with zero attached hydrogens (tertiary/aromatic N) is 1. The molecular weight excluding hydrogens is 232 g/mol. The van der Waals surface area contributed by atoms with Crippen LogP contribution in [0.3, 0.4) is 0 Å². The van der Waals surface area contributed by atoms with Gasteiger partial charge in [0.25, 0.3) is 0 Å². The van der Waals surface area contributed by atoms with Crippen molar-refractivity contribution < 1.29 is 4.74 Å². The molecule has 0 bridgehead atoms. The summed E-state index contributed by atoms with van der Waals surface area (Å²) in [4.78, 5) is 2.51. The molecule has 1 heterocycles. The van der Waals surface area contributed by atoms with Gasteiger partial charge < -0.3 is 10.5 Å². The molecule has 1 rings (SSSR count). The Hall–Kier alpha value is 0.230. The third-order valence-corrected chi connectivity index (χ3v) is 4.39. The van der Waals surface area contributed by atoms with Gasteiger partial charge in [0.1, 0.15) is 0 Å². The van der Waals surface area contributed by atoms with Crippen molar-refractivity contribution in [2.75, 3.05) is 37.7 Å². The maximum absolute atomic E-state index is 5.91. The fourth-order valence-corrected chi connectivity index (χ4v) is 3.13. The molecule has 4 heteroatoms. The third kappa shape index (κ3) is 5.60. The van der Waals surface area contributed by atoms with E-state index >= 15 is 0 Å². The lowest BCUT2D eigenvalue weighted by molar-refractivity contribution is 0.0598. The van der Waals surface area contributed by atoms with Crippen LogP contribution in [0, 0.1) is 0 Å². The van der Waals surface area contributed by atoms with Crippen LogP contribution in [0.15, 0.2) is 0 Å². The molecular formula is C13H28N2OS. The van der Waals surface area contributed by atoms with E-state index in [2.05, 4.69) is 18.7 Å². The van der Waals surface area contributed by atoms with E-state index < -0.39 is 0 Å². The molecule has 1 aliphatic heterocycles. The predicted octanol–water partition coefficient (Wildman–Crippen LogP) is 1.96. The topological polar surface area (TPSA) is 38.5 Å². The van der Waals surface area contributed by atoms with Crippen molar-refractivity contribution in [3.05, 3.63) is 0 Å². The van der Waals surface area contributed by atoms with Crippen LogP contribution in [0.2, 0.25) is 0 Å². The summed E-state index contributed by atoms with van der Waals surface area (Å²) < 4.78 is 5.72. The Bertz CT molecular complexity index is 186. The molecule has 1 saturated heterocycles. The molecule has 2 atom stereocenters. The van der Waals surface area contributed by atoms with E-state index in [4.69, 9.17) is 10.5 Å². The van der Waals surface area contributed by atoms with Crippen LogP contribution in [0.25, 0.3) is 0 Å². The first-order valence-corrected chi connectivity index (χ1v) is 8.10. The van der Waals surface area contributed by atoms with Crippen molar-refractivity contribution in [3.8, 4) is 0 Å². The van der Waals surface area contributed by atoms with Gasteiger partial charge in [-0.1, -0.05) is 13.8 Å². The second-order valence-electron chi connectivity index (χ2n) is 4.60. The van der Waals surface area contributed by atoms with Crippen molar-refractivity contribution in [1.29, 1.82) is 0 Å². The van der Waals surface area contributed by atoms with Crippen molar-refractivity contribution in [2.45, 2.75) is 45.3 Å². The van der Waals surface area contributed by atoms with E-state index in [-0.39, 0.29) is 0 Å². The molecule has 2 unspecified atom stereocenters. The van der Waals surface area contributed by atoms with E-state index in [0.29, 0.717) is 12.1 Å². The summed E-state index contributed by atoms with van der Waals surface area (Å²) in [6.45, 7) is 8.30. The van der Waals surface area contributed by atoms with Gasteiger partial charge >= 0.3 is 0 Å². The molecule has 0 aromatic heterocycles. The summed E-state index contributed by atoms with van der Waals surface area (Å²) in [5, 5.41) is 0. The summed E-state index contributed by atoms with van der Waals surface area (Å²) in [5.74, 6) is 2.43. The standard InChI is InChI=1S/C13H28N2OS/c1-3-15(11-13-6-5-8-16-13)12(10-14)7-9-17-4-2/h12-13H,3-11,14H2,1-2H3. The first-order valence-electron chi connectivity index (χ1n) is 6.95. The van der Waals surface area contributed by atoms with Gasteiger partial charge in [-0.2, -0.15) is 11.8 Å². The lowest BCUT2D eigenvalue weighted by Gasteiger charge is -2.31. The second-order valence-corrected chi connectivity index (χ2v) is 5.99. The Labute approximate surface area is 110 Å². The maximum atomic E-state index is 5.91. The molecule has 102 valence electrons. The van der Waals surface area contributed by atoms with E-state index in [1.807, 2.05) is 11.8 Å². The van der Waals surface area contributed by atoms with Crippen LogP contribution in [0.4, 0.5) is 0 Å². The molecule has 0 aromatic carbocycles. The molecule has 0 aliphatic carbocycles. The minimum absolute atomic E-state index is 0.447. The van der Waals surface area contributed by atoms with Gasteiger partial charge in [0, 0.05) is 25.7 Å². The van der Waals surface area contributed by atoms with E-state index in [1.165, 1.54) is 30.8 Å². The van der Waals surface area contributed by atoms with Crippen LogP contribution >= 0.6 is 11.8 Å². The average molecular weight is 260 g/mol. The first kappa shape index (κ1) is 15.3. The Balaban J connectivity index is 2.32. The van der Waals surface area contributed by atoms with Crippen LogP contribution in [-0.4, -0.2) is 54.8 Å². The monoisotopic (exact) mass is 260 g/mol. The third-order valence-electron chi connectivity index (χ3n) is 3.46. The zero-order valence-corrected chi connectivity index (χ0v) is 12.2. The Kier molecular flexibility index (Phi) is 8.27. The molecule has 0 amide bonds. The number of nitrogens with two attached hydrogens (primary N) is 1. The zero-order valence-electron chi connectivity index (χ0n) is 11.4. The van der Waals surface area contributed by atoms with Gasteiger partial charge in [0.15, 0.2) is 0 Å². The van der Waals surface area contributed by atoms with Crippen LogP contribution in [0.1, 0.15) is 33.1 Å². The van der Waals surface area contributed by atoms with Gasteiger partial charge in [-0.3, -0.25) is 4.90 Å². The second kappa shape index (κ2) is 9.20. The molecule has 0 aromatic rings. The normalized spacial score (nSPS) is 22.2. The van der Waals surface area contributed by atoms with E-state index in [0.717, 1.165) is 26.2 Å². The summed E-state index contributed by atoms with van der Waals surface area (Å²) >= 11 is 2.01. The summed E-state index contributed by atoms with van der Waals surface area (Å²) in [5.41, 5.74) is 5.91. The SMILES string of the molecule is CCSCCC(CN)N(CC)CC1CCCO1. The fraction of sp³-hybridized carbons (Fsp3) is 1.00. The van der Waals surface area contributed by atoms with E-state index in [9.17, 15) is 0 Å². The zero-order chi connectivity index (χ0) is 12.5. The van der Waals surface area contributed by atoms with E-state index in [1.54, 1.807) is 0 Å². The van der Waals surface area contributed by atoms with Gasteiger partial charge in [-0.25, -0.2) is 0 Å². The van der Waals surface area contributed by atoms with Crippen molar-refractivity contribution in [3.63, 3.8) is 0 Å². The molecule has 3 nitrogen and oxygen atoms in total. The lowest BCUT2D eigenvalue weighted by atomic mass is 10.1. The van der Waals surface area contributed by atoms with Gasteiger partial charge in [0.05, 0.1) is 6.10 Å². The average Bonchev–Trinajstić information content (AvgIpc) is 2.85. The Morgan fingerprint density at radius 3 is 2.82 bits per heavy atom. The number of likely N-dealkylation sites (N-methyl/N-ethyl adjacent to an activating group) is 1. The molecule has 1 aliphatic rings. The van der Waals surface area contributed by atoms with Crippen LogP contribution in [0.5, 0.6) is 0 Å². The lowest BCUT2D eigenvalue weighted by Crippen LogP contribution is -2.44. The molecule has 0 spiro atoms. The van der Waals surface area contributed by atoms with Crippen molar-refractivity contribution >= 4 is 11.8 Å². The van der Waals surface area contributed by atoms with Gasteiger partial charge in [-0.05, 0) is 37.3 Å². The highest BCUT2D eigenvalue weighted by Gasteiger charge is 2.22. The van der Waals surface area contributed by atoms with Crippen molar-refractivity contribution in [2.24, 2.45) is 5.73 Å². The smallest absolute Gasteiger partial charge is 0.0702 e. The molecule has 1 fully saturated rings. The summed E-state index contributed by atoms with van der Waals surface area (Å²) in [6, 6.07) is 0.531. The number of ether oxygens (including phenoxy) is 1. The minimum atomic E-state index is 0.447. The predicted molar refractivity (Wildman–Crippen MR) is 76.7 cm³/mol. The Morgan fingerprint density at radius 2 is 2.29 bits per heavy atom. The fourth-order valence-electron chi connectivity index (χ4n) is 2.40. The highest BCUT2D eigenvalue weighted by atomic mass is 32.2. The molecule has 0 radical (unpaired) electrons. The molecule has 2 N–H and O–H groups in total. The first-order chi connectivity index (χ1) is 8.31. The largest absolute Gasteiger partial charge is 0.377 e. The van der Waals surface area contributed by atoms with Crippen LogP contribution in [-0.2, 0) is 4.74 Å². The van der Waals surface area contributed by atoms with Gasteiger partial charge in [-0.15, -0.1) is 0 Å². The molecule has 0 saturated carbocycles. The Morgan fingerprint density at radius 1 is 1.47 bits per heavy atom. The van der Waals surface area contributed by atoms with Gasteiger partial charge in [0.2, 0.25) is 0 Å². The number of rotatable bonds is 9. The highest BCUT2D eigenvalue weighted by molar-refractivity contribution is 7.99. The summed E-state index contributed by atoms with van der Waals surface area (Å²) in [7, 11) is 0. The summed E-state index contributed by atoms with van der Waals surface area (Å²) in [6.07, 6.45) is 4.09. The van der Waals surface area contributed by atoms with Crippen LogP contribution < -0.4 is 5.73 Å². The highest BCUT2D eigenvalue weighted by Crippen LogP contribution is 2.16. The minimum Gasteiger partial charge on any atom is -0.377 e. The number of thioether (sulfide) groups is 1. The molecule has 17 heavy (non-hydrogen) atoms.